The monoisotopic (exact) mass is 460 g/mol. The third kappa shape index (κ3) is 4.40. The smallest absolute Gasteiger partial charge is 0.222 e. The van der Waals surface area contributed by atoms with E-state index in [-0.39, 0.29) is 11.6 Å². The van der Waals surface area contributed by atoms with Gasteiger partial charge in [0.25, 0.3) is 0 Å². The van der Waals surface area contributed by atoms with E-state index < -0.39 is 0 Å². The fraction of sp³-hybridized carbons (Fsp3) is 0.364. The number of ether oxygens (including phenoxy) is 2. The summed E-state index contributed by atoms with van der Waals surface area (Å²) < 4.78 is 13.9. The average Bonchev–Trinajstić information content (AvgIpc) is 2.96. The lowest BCUT2D eigenvalue weighted by Gasteiger charge is -2.14. The molecule has 0 aliphatic rings. The zero-order chi connectivity index (χ0) is 21.0. The quantitative estimate of drug-likeness (QED) is 0.294. The molecule has 6 nitrogen and oxygen atoms in total. The van der Waals surface area contributed by atoms with Crippen LogP contribution in [-0.4, -0.2) is 23.4 Å². The minimum absolute atomic E-state index is 0.0484. The maximum absolute atomic E-state index is 11.3. The topological polar surface area (TPSA) is 73.0 Å². The molecule has 0 spiro atoms. The van der Waals surface area contributed by atoms with Gasteiger partial charge in [0.1, 0.15) is 0 Å². The number of unbranched alkanes of at least 4 members (excludes halogenated alkanes) is 2. The van der Waals surface area contributed by atoms with E-state index >= 15 is 0 Å². The van der Waals surface area contributed by atoms with Crippen LogP contribution in [0.1, 0.15) is 37.3 Å². The van der Waals surface area contributed by atoms with Crippen molar-refractivity contribution < 1.29 is 14.6 Å². The van der Waals surface area contributed by atoms with E-state index in [1.165, 1.54) is 0 Å². The van der Waals surface area contributed by atoms with Crippen molar-refractivity contribution in [2.45, 2.75) is 39.7 Å². The standard InChI is InChI=1S/C22H25BrN2O4/c1-4-5-6-9-29-18-8-7-15(11-19(18)28-3)13-25-21-14(2)10-16(23)12-17(21)20(24-27)22(25)26/h7-8,10-12,26H,4-6,9,13H2,1-3H3. The van der Waals surface area contributed by atoms with Crippen LogP contribution in [0.3, 0.4) is 0 Å². The minimum atomic E-state index is -0.143. The van der Waals surface area contributed by atoms with Gasteiger partial charge in [0, 0.05) is 9.86 Å². The number of hydrogen-bond donors (Lipinski definition) is 1. The molecular weight excluding hydrogens is 436 g/mol. The van der Waals surface area contributed by atoms with Crippen molar-refractivity contribution in [2.24, 2.45) is 5.18 Å². The number of aromatic nitrogens is 1. The summed E-state index contributed by atoms with van der Waals surface area (Å²) >= 11 is 3.44. The Morgan fingerprint density at radius 3 is 2.66 bits per heavy atom. The first-order chi connectivity index (χ1) is 14.0. The molecule has 3 rings (SSSR count). The van der Waals surface area contributed by atoms with Gasteiger partial charge in [-0.3, -0.25) is 0 Å². The van der Waals surface area contributed by atoms with Gasteiger partial charge in [0.15, 0.2) is 17.2 Å². The Morgan fingerprint density at radius 2 is 1.97 bits per heavy atom. The number of nitroso groups, excluding NO2 is 1. The molecule has 0 fully saturated rings. The zero-order valence-electron chi connectivity index (χ0n) is 16.9. The Balaban J connectivity index is 1.95. The number of aryl methyl sites for hydroxylation is 1. The van der Waals surface area contributed by atoms with Gasteiger partial charge in [-0.2, -0.15) is 0 Å². The molecular formula is C22H25BrN2O4. The highest BCUT2D eigenvalue weighted by molar-refractivity contribution is 9.10. The van der Waals surface area contributed by atoms with Crippen molar-refractivity contribution in [3.63, 3.8) is 0 Å². The van der Waals surface area contributed by atoms with Gasteiger partial charge in [-0.25, -0.2) is 0 Å². The van der Waals surface area contributed by atoms with E-state index in [9.17, 15) is 10.0 Å². The highest BCUT2D eigenvalue weighted by atomic mass is 79.9. The largest absolute Gasteiger partial charge is 0.493 e. The molecule has 0 unspecified atom stereocenters. The zero-order valence-corrected chi connectivity index (χ0v) is 18.5. The number of hydrogen-bond acceptors (Lipinski definition) is 5. The number of rotatable bonds is 9. The van der Waals surface area contributed by atoms with Crippen molar-refractivity contribution in [1.82, 2.24) is 4.57 Å². The molecule has 1 N–H and O–H groups in total. The maximum atomic E-state index is 11.3. The molecule has 2 aromatic carbocycles. The SMILES string of the molecule is CCCCCOc1ccc(Cn2c(O)c(N=O)c3cc(Br)cc(C)c32)cc1OC. The Labute approximate surface area is 178 Å². The van der Waals surface area contributed by atoms with Crippen molar-refractivity contribution in [1.29, 1.82) is 0 Å². The first-order valence-corrected chi connectivity index (χ1v) is 10.4. The van der Waals surface area contributed by atoms with E-state index in [0.29, 0.717) is 30.0 Å². The lowest BCUT2D eigenvalue weighted by Crippen LogP contribution is -2.03. The first kappa shape index (κ1) is 21.2. The molecule has 0 saturated carbocycles. The molecule has 1 heterocycles. The molecule has 7 heteroatoms. The molecule has 0 aliphatic carbocycles. The molecule has 3 aromatic rings. The molecule has 0 bridgehead atoms. The van der Waals surface area contributed by atoms with Crippen LogP contribution in [0.15, 0.2) is 40.0 Å². The second kappa shape index (κ2) is 9.31. The van der Waals surface area contributed by atoms with E-state index in [2.05, 4.69) is 28.0 Å². The molecule has 0 radical (unpaired) electrons. The predicted molar refractivity (Wildman–Crippen MR) is 119 cm³/mol. The summed E-state index contributed by atoms with van der Waals surface area (Å²) in [4.78, 5) is 11.3. The van der Waals surface area contributed by atoms with E-state index in [1.807, 2.05) is 31.2 Å². The van der Waals surface area contributed by atoms with Crippen molar-refractivity contribution >= 4 is 32.5 Å². The predicted octanol–water partition coefficient (Wildman–Crippen LogP) is 6.44. The maximum Gasteiger partial charge on any atom is 0.222 e. The normalized spacial score (nSPS) is 11.0. The number of halogens is 1. The summed E-state index contributed by atoms with van der Waals surface area (Å²) in [6, 6.07) is 9.45. The van der Waals surface area contributed by atoms with Gasteiger partial charge in [0.05, 0.1) is 25.8 Å². The Hall–Kier alpha value is -2.54. The summed E-state index contributed by atoms with van der Waals surface area (Å²) in [7, 11) is 1.61. The Bertz CT molecular complexity index is 1030. The second-order valence-corrected chi connectivity index (χ2v) is 7.92. The lowest BCUT2D eigenvalue weighted by molar-refractivity contribution is 0.286. The van der Waals surface area contributed by atoms with Crippen LogP contribution in [0.4, 0.5) is 5.69 Å². The van der Waals surface area contributed by atoms with Crippen molar-refractivity contribution in [2.75, 3.05) is 13.7 Å². The fourth-order valence-electron chi connectivity index (χ4n) is 3.52. The average molecular weight is 461 g/mol. The molecule has 1 aromatic heterocycles. The molecule has 0 aliphatic heterocycles. The van der Waals surface area contributed by atoms with Crippen molar-refractivity contribution in [3.05, 3.63) is 50.8 Å². The third-order valence-electron chi connectivity index (χ3n) is 4.92. The fourth-order valence-corrected chi connectivity index (χ4v) is 4.09. The summed E-state index contributed by atoms with van der Waals surface area (Å²) in [5, 5.41) is 14.3. The molecule has 0 saturated heterocycles. The number of benzene rings is 2. The third-order valence-corrected chi connectivity index (χ3v) is 5.38. The number of aromatic hydroxyl groups is 1. The highest BCUT2D eigenvalue weighted by Gasteiger charge is 2.20. The summed E-state index contributed by atoms with van der Waals surface area (Å²) in [6.07, 6.45) is 3.27. The van der Waals surface area contributed by atoms with Crippen LogP contribution in [0.5, 0.6) is 17.4 Å². The first-order valence-electron chi connectivity index (χ1n) is 9.64. The van der Waals surface area contributed by atoms with Crippen LogP contribution in [0.25, 0.3) is 10.9 Å². The van der Waals surface area contributed by atoms with E-state index in [1.54, 1.807) is 17.7 Å². The van der Waals surface area contributed by atoms with E-state index in [4.69, 9.17) is 9.47 Å². The van der Waals surface area contributed by atoms with Crippen LogP contribution < -0.4 is 9.47 Å². The summed E-state index contributed by atoms with van der Waals surface area (Å²) in [6.45, 7) is 5.11. The molecule has 154 valence electrons. The van der Waals surface area contributed by atoms with Crippen LogP contribution in [0.2, 0.25) is 0 Å². The highest BCUT2D eigenvalue weighted by Crippen LogP contribution is 2.42. The van der Waals surface area contributed by atoms with Gasteiger partial charge in [0.2, 0.25) is 5.88 Å². The van der Waals surface area contributed by atoms with Crippen LogP contribution >= 0.6 is 15.9 Å². The molecule has 0 amide bonds. The van der Waals surface area contributed by atoms with Gasteiger partial charge in [-0.05, 0) is 53.9 Å². The molecule has 29 heavy (non-hydrogen) atoms. The number of methoxy groups -OCH3 is 1. The second-order valence-electron chi connectivity index (χ2n) is 7.01. The number of nitrogens with zero attached hydrogens (tertiary/aromatic N) is 2. The van der Waals surface area contributed by atoms with E-state index in [0.717, 1.165) is 40.4 Å². The lowest BCUT2D eigenvalue weighted by atomic mass is 10.1. The van der Waals surface area contributed by atoms with Gasteiger partial charge in [-0.1, -0.05) is 41.8 Å². The van der Waals surface area contributed by atoms with Gasteiger partial charge >= 0.3 is 0 Å². The van der Waals surface area contributed by atoms with Crippen LogP contribution in [0, 0.1) is 11.8 Å². The Kier molecular flexibility index (Phi) is 6.79. The summed E-state index contributed by atoms with van der Waals surface area (Å²) in [5.41, 5.74) is 2.67. The minimum Gasteiger partial charge on any atom is -0.493 e. The van der Waals surface area contributed by atoms with Crippen molar-refractivity contribution in [3.8, 4) is 17.4 Å². The van der Waals surface area contributed by atoms with Gasteiger partial charge < -0.3 is 19.1 Å². The summed E-state index contributed by atoms with van der Waals surface area (Å²) in [5.74, 6) is 1.20. The number of fused-ring (bicyclic) bond motifs is 1. The van der Waals surface area contributed by atoms with Gasteiger partial charge in [-0.15, -0.1) is 4.91 Å². The molecule has 0 atom stereocenters. The Morgan fingerprint density at radius 1 is 1.17 bits per heavy atom. The van der Waals surface area contributed by atoms with Crippen LogP contribution in [-0.2, 0) is 6.54 Å².